The molecule has 3 heterocycles. The van der Waals surface area contributed by atoms with E-state index in [9.17, 15) is 0 Å². The second kappa shape index (κ2) is 5.52. The molecule has 0 aliphatic carbocycles. The number of anilines is 1. The third-order valence-electron chi connectivity index (χ3n) is 3.65. The topological polar surface area (TPSA) is 60.9 Å². The number of hydrogen-bond acceptors (Lipinski definition) is 5. The Balaban J connectivity index is 1.80. The highest BCUT2D eigenvalue weighted by atomic mass is 15.3. The maximum atomic E-state index is 4.45. The molecule has 1 aliphatic rings. The summed E-state index contributed by atoms with van der Waals surface area (Å²) < 4.78 is 0. The van der Waals surface area contributed by atoms with Crippen LogP contribution in [0.5, 0.6) is 0 Å². The van der Waals surface area contributed by atoms with Gasteiger partial charge in [-0.25, -0.2) is 9.97 Å². The average Bonchev–Trinajstić information content (AvgIpc) is 2.79. The van der Waals surface area contributed by atoms with Gasteiger partial charge in [-0.2, -0.15) is 5.10 Å². The summed E-state index contributed by atoms with van der Waals surface area (Å²) in [5.41, 5.74) is 0.819. The normalized spacial score (nSPS) is 17.8. The summed E-state index contributed by atoms with van der Waals surface area (Å²) in [5.74, 6) is 1.01. The second-order valence-electron chi connectivity index (χ2n) is 5.01. The van der Waals surface area contributed by atoms with Crippen molar-refractivity contribution in [3.63, 3.8) is 0 Å². The van der Waals surface area contributed by atoms with E-state index in [2.05, 4.69) is 36.9 Å². The molecule has 0 atom stereocenters. The molecule has 1 N–H and O–H groups in total. The fourth-order valence-electron chi connectivity index (χ4n) is 2.73. The zero-order chi connectivity index (χ0) is 13.1. The van der Waals surface area contributed by atoms with Crippen molar-refractivity contribution in [3.8, 4) is 0 Å². The van der Waals surface area contributed by atoms with Crippen LogP contribution in [0.3, 0.4) is 0 Å². The first-order valence-electron chi connectivity index (χ1n) is 7.00. The lowest BCUT2D eigenvalue weighted by molar-refractivity contribution is 0.294. The third kappa shape index (κ3) is 2.53. The van der Waals surface area contributed by atoms with E-state index >= 15 is 0 Å². The predicted molar refractivity (Wildman–Crippen MR) is 75.2 cm³/mol. The van der Waals surface area contributed by atoms with E-state index in [-0.39, 0.29) is 0 Å². The summed E-state index contributed by atoms with van der Waals surface area (Å²) in [6.07, 6.45) is 5.84. The monoisotopic (exact) mass is 260 g/mol. The molecule has 3 rings (SSSR count). The lowest BCUT2D eigenvalue weighted by atomic mass is 10.3. The number of H-pyrrole nitrogens is 1. The highest BCUT2D eigenvalue weighted by molar-refractivity contribution is 5.86. The van der Waals surface area contributed by atoms with Crippen molar-refractivity contribution in [3.05, 3.63) is 12.5 Å². The quantitative estimate of drug-likeness (QED) is 0.900. The molecule has 0 aromatic carbocycles. The van der Waals surface area contributed by atoms with Gasteiger partial charge in [0.2, 0.25) is 0 Å². The lowest BCUT2D eigenvalue weighted by Crippen LogP contribution is -2.31. The summed E-state index contributed by atoms with van der Waals surface area (Å²) in [4.78, 5) is 13.5. The minimum Gasteiger partial charge on any atom is -0.355 e. The van der Waals surface area contributed by atoms with Gasteiger partial charge in [-0.1, -0.05) is 6.92 Å². The maximum Gasteiger partial charge on any atom is 0.160 e. The van der Waals surface area contributed by atoms with E-state index < -0.39 is 0 Å². The molecule has 102 valence electrons. The molecular weight excluding hydrogens is 240 g/mol. The molecule has 6 nitrogen and oxygen atoms in total. The van der Waals surface area contributed by atoms with E-state index in [4.69, 9.17) is 0 Å². The molecule has 0 saturated carbocycles. The number of nitrogens with one attached hydrogen (secondary N) is 1. The highest BCUT2D eigenvalue weighted by Gasteiger charge is 2.18. The van der Waals surface area contributed by atoms with Gasteiger partial charge >= 0.3 is 0 Å². The van der Waals surface area contributed by atoms with Crippen molar-refractivity contribution < 1.29 is 0 Å². The first-order chi connectivity index (χ1) is 9.38. The Morgan fingerprint density at radius 2 is 2.16 bits per heavy atom. The van der Waals surface area contributed by atoms with Crippen LogP contribution in [-0.2, 0) is 0 Å². The Labute approximate surface area is 112 Å². The first kappa shape index (κ1) is 12.3. The first-order valence-corrected chi connectivity index (χ1v) is 7.00. The van der Waals surface area contributed by atoms with Gasteiger partial charge in [-0.05, 0) is 25.9 Å². The molecule has 0 amide bonds. The zero-order valence-electron chi connectivity index (χ0n) is 11.3. The van der Waals surface area contributed by atoms with Crippen molar-refractivity contribution in [2.45, 2.75) is 19.8 Å². The van der Waals surface area contributed by atoms with Crippen molar-refractivity contribution in [1.29, 1.82) is 0 Å². The highest BCUT2D eigenvalue weighted by Crippen LogP contribution is 2.22. The van der Waals surface area contributed by atoms with Crippen molar-refractivity contribution >= 4 is 16.9 Å². The molecule has 1 fully saturated rings. The van der Waals surface area contributed by atoms with E-state index in [1.54, 1.807) is 6.33 Å². The van der Waals surface area contributed by atoms with Crippen molar-refractivity contribution in [2.75, 3.05) is 37.6 Å². The van der Waals surface area contributed by atoms with E-state index in [0.717, 1.165) is 36.5 Å². The zero-order valence-corrected chi connectivity index (χ0v) is 11.3. The lowest BCUT2D eigenvalue weighted by Gasteiger charge is -2.22. The molecular formula is C13H20N6. The smallest absolute Gasteiger partial charge is 0.160 e. The van der Waals surface area contributed by atoms with E-state index in [1.165, 1.54) is 25.9 Å². The molecule has 0 radical (unpaired) electrons. The van der Waals surface area contributed by atoms with Gasteiger partial charge in [0.25, 0.3) is 0 Å². The van der Waals surface area contributed by atoms with Crippen molar-refractivity contribution in [1.82, 2.24) is 25.1 Å². The Bertz CT molecular complexity index is 537. The van der Waals surface area contributed by atoms with Crippen molar-refractivity contribution in [2.24, 2.45) is 0 Å². The summed E-state index contributed by atoms with van der Waals surface area (Å²) in [6, 6.07) is 0. The summed E-state index contributed by atoms with van der Waals surface area (Å²) >= 11 is 0. The van der Waals surface area contributed by atoms with Crippen LogP contribution in [0.25, 0.3) is 11.0 Å². The molecule has 2 aromatic rings. The summed E-state index contributed by atoms with van der Waals surface area (Å²) in [5, 5.41) is 7.99. The van der Waals surface area contributed by atoms with Crippen LogP contribution >= 0.6 is 0 Å². The molecule has 0 bridgehead atoms. The molecule has 6 heteroatoms. The van der Waals surface area contributed by atoms with Gasteiger partial charge in [-0.3, -0.25) is 5.10 Å². The Hall–Kier alpha value is -1.69. The fourth-order valence-corrected chi connectivity index (χ4v) is 2.73. The number of nitrogens with zero attached hydrogens (tertiary/aromatic N) is 5. The van der Waals surface area contributed by atoms with Gasteiger partial charge in [0, 0.05) is 19.6 Å². The Morgan fingerprint density at radius 3 is 3.05 bits per heavy atom. The van der Waals surface area contributed by atoms with Crippen LogP contribution in [-0.4, -0.2) is 57.8 Å². The molecule has 0 spiro atoms. The standard InChI is InChI=1S/C13H20N6/c1-2-4-18-5-3-6-19(8-7-18)13-11-9-16-17-12(11)14-10-15-13/h9-10H,2-8H2,1H3,(H,14,15,16,17). The average molecular weight is 260 g/mol. The number of hydrogen-bond donors (Lipinski definition) is 1. The van der Waals surface area contributed by atoms with Gasteiger partial charge in [0.15, 0.2) is 5.65 Å². The maximum absolute atomic E-state index is 4.45. The van der Waals surface area contributed by atoms with Gasteiger partial charge in [0.1, 0.15) is 12.1 Å². The largest absolute Gasteiger partial charge is 0.355 e. The summed E-state index contributed by atoms with van der Waals surface area (Å²) in [6.45, 7) is 7.80. The molecule has 2 aromatic heterocycles. The van der Waals surface area contributed by atoms with Gasteiger partial charge < -0.3 is 9.80 Å². The van der Waals surface area contributed by atoms with E-state index in [1.807, 2.05) is 6.20 Å². The number of aromatic nitrogens is 4. The minimum atomic E-state index is 0.819. The molecule has 19 heavy (non-hydrogen) atoms. The predicted octanol–water partition coefficient (Wildman–Crippen LogP) is 1.27. The van der Waals surface area contributed by atoms with Gasteiger partial charge in [-0.15, -0.1) is 0 Å². The van der Waals surface area contributed by atoms with Crippen LogP contribution in [0.15, 0.2) is 12.5 Å². The number of rotatable bonds is 3. The van der Waals surface area contributed by atoms with Crippen LogP contribution < -0.4 is 4.90 Å². The molecule has 0 unspecified atom stereocenters. The Kier molecular flexibility index (Phi) is 3.59. The summed E-state index contributed by atoms with van der Waals surface area (Å²) in [7, 11) is 0. The van der Waals surface area contributed by atoms with Crippen LogP contribution in [0.4, 0.5) is 5.82 Å². The molecule has 1 aliphatic heterocycles. The van der Waals surface area contributed by atoms with Crippen LogP contribution in [0.2, 0.25) is 0 Å². The SMILES string of the molecule is CCCN1CCCN(c2ncnc3[nH]ncc23)CC1. The molecule has 1 saturated heterocycles. The number of aromatic amines is 1. The van der Waals surface area contributed by atoms with Crippen LogP contribution in [0, 0.1) is 0 Å². The van der Waals surface area contributed by atoms with Gasteiger partial charge in [0.05, 0.1) is 11.6 Å². The second-order valence-corrected chi connectivity index (χ2v) is 5.01. The van der Waals surface area contributed by atoms with E-state index in [0.29, 0.717) is 0 Å². The number of fused-ring (bicyclic) bond motifs is 1. The Morgan fingerprint density at radius 1 is 1.21 bits per heavy atom. The minimum absolute atomic E-state index is 0.819. The van der Waals surface area contributed by atoms with Crippen LogP contribution in [0.1, 0.15) is 19.8 Å². The third-order valence-corrected chi connectivity index (χ3v) is 3.65. The fraction of sp³-hybridized carbons (Fsp3) is 0.615.